The molecule has 110 valence electrons. The molecule has 4 N–H and O–H groups in total. The zero-order valence-corrected chi connectivity index (χ0v) is 12.7. The van der Waals surface area contributed by atoms with E-state index in [1.54, 1.807) is 0 Å². The lowest BCUT2D eigenvalue weighted by molar-refractivity contribution is -0.124. The first-order chi connectivity index (χ1) is 9.28. The lowest BCUT2D eigenvalue weighted by Crippen LogP contribution is -2.50. The fraction of sp³-hybridized carbons (Fsp3) is 0.562. The maximum absolute atomic E-state index is 12.1. The molecular weight excluding hydrogens is 250 g/mol. The molecule has 20 heavy (non-hydrogen) atoms. The number of nitrogens with two attached hydrogens (primary N) is 1. The Morgan fingerprint density at radius 2 is 1.90 bits per heavy atom. The molecule has 1 aliphatic rings. The number of carbonyl (C=O) groups excluding carboxylic acids is 1. The topological polar surface area (TPSA) is 67.1 Å². The summed E-state index contributed by atoms with van der Waals surface area (Å²) in [5.74, 6) is 0.0236. The summed E-state index contributed by atoms with van der Waals surface area (Å²) in [5.41, 5.74) is 8.34. The Morgan fingerprint density at radius 1 is 1.30 bits per heavy atom. The minimum Gasteiger partial charge on any atom is -0.350 e. The molecule has 1 aliphatic carbocycles. The van der Waals surface area contributed by atoms with Gasteiger partial charge in [0.15, 0.2) is 0 Å². The summed E-state index contributed by atoms with van der Waals surface area (Å²) in [6.45, 7) is 7.85. The van der Waals surface area contributed by atoms with Crippen LogP contribution >= 0.6 is 0 Å². The molecule has 0 radical (unpaired) electrons. The van der Waals surface area contributed by atoms with Crippen molar-refractivity contribution in [3.63, 3.8) is 0 Å². The van der Waals surface area contributed by atoms with Crippen LogP contribution in [0.5, 0.6) is 0 Å². The van der Waals surface area contributed by atoms with E-state index in [1.807, 2.05) is 39.8 Å². The van der Waals surface area contributed by atoms with Crippen LogP contribution in [-0.4, -0.2) is 17.5 Å². The zero-order chi connectivity index (χ0) is 14.9. The Hall–Kier alpha value is -1.39. The molecule has 0 saturated heterocycles. The predicted molar refractivity (Wildman–Crippen MR) is 81.2 cm³/mol. The molecule has 1 amide bonds. The zero-order valence-electron chi connectivity index (χ0n) is 12.7. The van der Waals surface area contributed by atoms with Crippen LogP contribution in [0.4, 0.5) is 0 Å². The van der Waals surface area contributed by atoms with Crippen molar-refractivity contribution in [3.05, 3.63) is 35.4 Å². The van der Waals surface area contributed by atoms with Crippen molar-refractivity contribution in [2.75, 3.05) is 0 Å². The van der Waals surface area contributed by atoms with E-state index in [4.69, 9.17) is 5.73 Å². The van der Waals surface area contributed by atoms with Gasteiger partial charge >= 0.3 is 0 Å². The van der Waals surface area contributed by atoms with Crippen LogP contribution in [0.1, 0.15) is 57.3 Å². The summed E-state index contributed by atoms with van der Waals surface area (Å²) in [6, 6.07) is 8.17. The molecule has 3 unspecified atom stereocenters. The lowest BCUT2D eigenvalue weighted by atomic mass is 10.1. The van der Waals surface area contributed by atoms with Crippen LogP contribution in [0.15, 0.2) is 24.3 Å². The summed E-state index contributed by atoms with van der Waals surface area (Å²) in [7, 11) is 0. The van der Waals surface area contributed by atoms with Gasteiger partial charge in [0.05, 0.1) is 6.04 Å². The highest BCUT2D eigenvalue weighted by Crippen LogP contribution is 2.37. The lowest BCUT2D eigenvalue weighted by Gasteiger charge is -2.25. The van der Waals surface area contributed by atoms with Crippen molar-refractivity contribution in [3.8, 4) is 0 Å². The number of benzene rings is 1. The van der Waals surface area contributed by atoms with Crippen LogP contribution < -0.4 is 16.4 Å². The van der Waals surface area contributed by atoms with Crippen molar-refractivity contribution in [2.24, 2.45) is 5.73 Å². The Balaban J connectivity index is 2.03. The molecule has 2 rings (SSSR count). The Labute approximate surface area is 121 Å². The van der Waals surface area contributed by atoms with Crippen LogP contribution in [0.25, 0.3) is 0 Å². The fourth-order valence-corrected chi connectivity index (χ4v) is 2.69. The minimum atomic E-state index is -0.238. The van der Waals surface area contributed by atoms with E-state index in [2.05, 4.69) is 22.8 Å². The number of carbonyl (C=O) groups is 1. The van der Waals surface area contributed by atoms with Gasteiger partial charge in [-0.3, -0.25) is 10.1 Å². The third kappa shape index (κ3) is 3.38. The van der Waals surface area contributed by atoms with Gasteiger partial charge in [-0.15, -0.1) is 0 Å². The number of hydrogen-bond acceptors (Lipinski definition) is 3. The van der Waals surface area contributed by atoms with E-state index in [-0.39, 0.29) is 29.6 Å². The summed E-state index contributed by atoms with van der Waals surface area (Å²) in [6.07, 6.45) is 0.840. The normalized spacial score (nSPS) is 23.2. The van der Waals surface area contributed by atoms with Crippen LogP contribution in [-0.2, 0) is 4.79 Å². The maximum atomic E-state index is 12.1. The second kappa shape index (κ2) is 5.54. The number of hydrogen-bond donors (Lipinski definition) is 3. The summed E-state index contributed by atoms with van der Waals surface area (Å²) in [4.78, 5) is 12.1. The molecule has 0 spiro atoms. The minimum absolute atomic E-state index is 0.0236. The van der Waals surface area contributed by atoms with Gasteiger partial charge in [-0.25, -0.2) is 0 Å². The van der Waals surface area contributed by atoms with Gasteiger partial charge in [-0.2, -0.15) is 0 Å². The number of rotatable bonds is 3. The number of fused-ring (bicyclic) bond motifs is 1. The first kappa shape index (κ1) is 15.0. The van der Waals surface area contributed by atoms with Crippen molar-refractivity contribution >= 4 is 5.91 Å². The second-order valence-corrected chi connectivity index (χ2v) is 6.65. The van der Waals surface area contributed by atoms with Gasteiger partial charge in [0.1, 0.15) is 0 Å². The smallest absolute Gasteiger partial charge is 0.237 e. The van der Waals surface area contributed by atoms with Crippen molar-refractivity contribution < 1.29 is 4.79 Å². The quantitative estimate of drug-likeness (QED) is 0.790. The fourth-order valence-electron chi connectivity index (χ4n) is 2.69. The van der Waals surface area contributed by atoms with E-state index < -0.39 is 0 Å². The van der Waals surface area contributed by atoms with Gasteiger partial charge in [0.25, 0.3) is 0 Å². The van der Waals surface area contributed by atoms with E-state index in [0.29, 0.717) is 0 Å². The average molecular weight is 275 g/mol. The SMILES string of the molecule is CC(NC1CC(N)c2ccccc21)C(=O)NC(C)(C)C. The van der Waals surface area contributed by atoms with Gasteiger partial charge < -0.3 is 11.1 Å². The monoisotopic (exact) mass is 275 g/mol. The van der Waals surface area contributed by atoms with E-state index >= 15 is 0 Å². The number of amides is 1. The van der Waals surface area contributed by atoms with Crippen molar-refractivity contribution in [1.82, 2.24) is 10.6 Å². The number of nitrogens with one attached hydrogen (secondary N) is 2. The molecule has 0 aliphatic heterocycles. The van der Waals surface area contributed by atoms with Gasteiger partial charge in [-0.1, -0.05) is 24.3 Å². The molecule has 0 heterocycles. The van der Waals surface area contributed by atoms with Crippen LogP contribution in [0.3, 0.4) is 0 Å². The summed E-state index contributed by atoms with van der Waals surface area (Å²) in [5, 5.41) is 6.39. The maximum Gasteiger partial charge on any atom is 0.237 e. The molecule has 3 atom stereocenters. The molecule has 4 heteroatoms. The molecule has 1 aromatic carbocycles. The van der Waals surface area contributed by atoms with E-state index in [0.717, 1.165) is 6.42 Å². The van der Waals surface area contributed by atoms with Crippen LogP contribution in [0, 0.1) is 0 Å². The van der Waals surface area contributed by atoms with E-state index in [1.165, 1.54) is 11.1 Å². The summed E-state index contributed by atoms with van der Waals surface area (Å²) < 4.78 is 0. The van der Waals surface area contributed by atoms with Gasteiger partial charge in [0, 0.05) is 17.6 Å². The second-order valence-electron chi connectivity index (χ2n) is 6.65. The third-order valence-electron chi connectivity index (χ3n) is 3.60. The van der Waals surface area contributed by atoms with Gasteiger partial charge in [0.2, 0.25) is 5.91 Å². The highest BCUT2D eigenvalue weighted by atomic mass is 16.2. The standard InChI is InChI=1S/C16H25N3O/c1-10(15(20)19-16(2,3)4)18-14-9-13(17)11-7-5-6-8-12(11)14/h5-8,10,13-14,18H,9,17H2,1-4H3,(H,19,20). The molecule has 0 fully saturated rings. The highest BCUT2D eigenvalue weighted by Gasteiger charge is 2.30. The molecular formula is C16H25N3O. The molecule has 4 nitrogen and oxygen atoms in total. The molecule has 0 saturated carbocycles. The molecule has 1 aromatic rings. The molecule has 0 aromatic heterocycles. The molecule has 0 bridgehead atoms. The highest BCUT2D eigenvalue weighted by molar-refractivity contribution is 5.82. The predicted octanol–water partition coefficient (Wildman–Crippen LogP) is 2.02. The average Bonchev–Trinajstić information content (AvgIpc) is 2.65. The Kier molecular flexibility index (Phi) is 4.16. The Bertz CT molecular complexity index is 493. The van der Waals surface area contributed by atoms with Gasteiger partial charge in [-0.05, 0) is 45.2 Å². The van der Waals surface area contributed by atoms with Crippen molar-refractivity contribution in [2.45, 2.75) is 57.8 Å². The first-order valence-electron chi connectivity index (χ1n) is 7.20. The Morgan fingerprint density at radius 3 is 2.50 bits per heavy atom. The van der Waals surface area contributed by atoms with Crippen LogP contribution in [0.2, 0.25) is 0 Å². The van der Waals surface area contributed by atoms with Crippen molar-refractivity contribution in [1.29, 1.82) is 0 Å². The first-order valence-corrected chi connectivity index (χ1v) is 7.20. The third-order valence-corrected chi connectivity index (χ3v) is 3.60. The largest absolute Gasteiger partial charge is 0.350 e. The summed E-state index contributed by atoms with van der Waals surface area (Å²) >= 11 is 0. The van der Waals surface area contributed by atoms with E-state index in [9.17, 15) is 4.79 Å².